The third-order valence-electron chi connectivity index (χ3n) is 2.82. The lowest BCUT2D eigenvalue weighted by Crippen LogP contribution is -2.10. The van der Waals surface area contributed by atoms with Crippen LogP contribution in [0.3, 0.4) is 0 Å². The second kappa shape index (κ2) is 5.61. The molecule has 0 radical (unpaired) electrons. The highest BCUT2D eigenvalue weighted by Gasteiger charge is 2.34. The summed E-state index contributed by atoms with van der Waals surface area (Å²) in [6.45, 7) is 0.114. The third kappa shape index (κ3) is 3.25. The number of aromatic nitrogens is 1. The summed E-state index contributed by atoms with van der Waals surface area (Å²) in [7, 11) is 0. The zero-order chi connectivity index (χ0) is 15.6. The summed E-state index contributed by atoms with van der Waals surface area (Å²) in [5.74, 6) is -2.08. The van der Waals surface area contributed by atoms with Gasteiger partial charge in [-0.15, -0.1) is 0 Å². The number of hydrogen-bond donors (Lipinski definition) is 1. The molecule has 2 N–H and O–H groups in total. The summed E-state index contributed by atoms with van der Waals surface area (Å²) in [5, 5.41) is 0. The van der Waals surface area contributed by atoms with Crippen molar-refractivity contribution in [3.63, 3.8) is 0 Å². The number of benzene rings is 1. The van der Waals surface area contributed by atoms with E-state index in [-0.39, 0.29) is 17.7 Å². The Bertz CT molecular complexity index is 683. The molecule has 110 valence electrons. The standard InChI is InChI=1S/C14H10F4N2O/c15-12-6-8(1-2-11(12)14(16,17)18)13(21)9-3-4-20-10(5-9)7-19/h1-6H,7,19H2. The lowest BCUT2D eigenvalue weighted by Gasteiger charge is -2.09. The Hall–Kier alpha value is -2.28. The number of hydrogen-bond acceptors (Lipinski definition) is 3. The SMILES string of the molecule is NCc1cc(C(=O)c2ccc(C(F)(F)F)c(F)c2)ccn1. The van der Waals surface area contributed by atoms with Gasteiger partial charge in [-0.05, 0) is 24.3 Å². The molecule has 0 bridgehead atoms. The summed E-state index contributed by atoms with van der Waals surface area (Å²) >= 11 is 0. The molecule has 21 heavy (non-hydrogen) atoms. The molecule has 0 unspecified atom stereocenters. The first-order valence-corrected chi connectivity index (χ1v) is 5.89. The van der Waals surface area contributed by atoms with Gasteiger partial charge in [-0.2, -0.15) is 13.2 Å². The number of nitrogens with zero attached hydrogens (tertiary/aromatic N) is 1. The van der Waals surface area contributed by atoms with Crippen LogP contribution in [0, 0.1) is 5.82 Å². The summed E-state index contributed by atoms with van der Waals surface area (Å²) in [5.41, 5.74) is 4.45. The molecule has 0 saturated carbocycles. The van der Waals surface area contributed by atoms with Gasteiger partial charge in [-0.25, -0.2) is 4.39 Å². The van der Waals surface area contributed by atoms with Crippen molar-refractivity contribution in [2.45, 2.75) is 12.7 Å². The molecule has 0 fully saturated rings. The van der Waals surface area contributed by atoms with Gasteiger partial charge in [-0.3, -0.25) is 9.78 Å². The molecule has 0 atom stereocenters. The summed E-state index contributed by atoms with van der Waals surface area (Å²) in [6.07, 6.45) is -3.44. The van der Waals surface area contributed by atoms with Crippen molar-refractivity contribution >= 4 is 5.78 Å². The van der Waals surface area contributed by atoms with Crippen LogP contribution < -0.4 is 5.73 Å². The highest BCUT2D eigenvalue weighted by molar-refractivity contribution is 6.09. The molecular formula is C14H10F4N2O. The Labute approximate surface area is 117 Å². The van der Waals surface area contributed by atoms with E-state index in [9.17, 15) is 22.4 Å². The summed E-state index contributed by atoms with van der Waals surface area (Å²) in [4.78, 5) is 16.0. The van der Waals surface area contributed by atoms with Gasteiger partial charge in [0.1, 0.15) is 5.82 Å². The highest BCUT2D eigenvalue weighted by Crippen LogP contribution is 2.31. The molecule has 7 heteroatoms. The van der Waals surface area contributed by atoms with E-state index >= 15 is 0 Å². The van der Waals surface area contributed by atoms with E-state index in [1.165, 1.54) is 18.3 Å². The van der Waals surface area contributed by atoms with Crippen LogP contribution in [0.25, 0.3) is 0 Å². The zero-order valence-corrected chi connectivity index (χ0v) is 10.6. The van der Waals surface area contributed by atoms with Gasteiger partial charge in [0.05, 0.1) is 11.3 Å². The van der Waals surface area contributed by atoms with Gasteiger partial charge in [0, 0.05) is 23.9 Å². The van der Waals surface area contributed by atoms with Crippen molar-refractivity contribution in [1.82, 2.24) is 4.98 Å². The first kappa shape index (κ1) is 15.1. The average Bonchev–Trinajstić information content (AvgIpc) is 2.45. The maximum atomic E-state index is 13.5. The van der Waals surface area contributed by atoms with Crippen molar-refractivity contribution in [1.29, 1.82) is 0 Å². The average molecular weight is 298 g/mol. The zero-order valence-electron chi connectivity index (χ0n) is 10.6. The number of pyridine rings is 1. The van der Waals surface area contributed by atoms with Crippen LogP contribution in [0.5, 0.6) is 0 Å². The van der Waals surface area contributed by atoms with Crippen LogP contribution in [0.15, 0.2) is 36.5 Å². The Balaban J connectivity index is 2.38. The number of nitrogens with two attached hydrogens (primary N) is 1. The molecule has 2 rings (SSSR count). The Morgan fingerprint density at radius 1 is 1.14 bits per heavy atom. The molecule has 1 heterocycles. The lowest BCUT2D eigenvalue weighted by molar-refractivity contribution is -0.140. The molecule has 0 saturated heterocycles. The number of carbonyl (C=O) groups is 1. The minimum absolute atomic E-state index is 0.114. The Kier molecular flexibility index (Phi) is 4.04. The normalized spacial score (nSPS) is 11.5. The van der Waals surface area contributed by atoms with Crippen LogP contribution in [-0.4, -0.2) is 10.8 Å². The van der Waals surface area contributed by atoms with Crippen LogP contribution in [0.4, 0.5) is 17.6 Å². The first-order valence-electron chi connectivity index (χ1n) is 5.89. The topological polar surface area (TPSA) is 56.0 Å². The fraction of sp³-hybridized carbons (Fsp3) is 0.143. The largest absolute Gasteiger partial charge is 0.419 e. The van der Waals surface area contributed by atoms with Crippen LogP contribution in [0.2, 0.25) is 0 Å². The molecule has 0 spiro atoms. The predicted octanol–water partition coefficient (Wildman–Crippen LogP) is 2.93. The number of halogens is 4. The highest BCUT2D eigenvalue weighted by atomic mass is 19.4. The molecular weight excluding hydrogens is 288 g/mol. The van der Waals surface area contributed by atoms with Crippen molar-refractivity contribution < 1.29 is 22.4 Å². The summed E-state index contributed by atoms with van der Waals surface area (Å²) < 4.78 is 50.8. The van der Waals surface area contributed by atoms with Gasteiger partial charge >= 0.3 is 6.18 Å². The van der Waals surface area contributed by atoms with Crippen LogP contribution >= 0.6 is 0 Å². The number of ketones is 1. The van der Waals surface area contributed by atoms with Gasteiger partial charge in [0.2, 0.25) is 0 Å². The van der Waals surface area contributed by atoms with Gasteiger partial charge < -0.3 is 5.73 Å². The number of rotatable bonds is 3. The van der Waals surface area contributed by atoms with Gasteiger partial charge in [0.25, 0.3) is 0 Å². The number of alkyl halides is 3. The fourth-order valence-electron chi connectivity index (χ4n) is 1.78. The maximum absolute atomic E-state index is 13.5. The van der Waals surface area contributed by atoms with E-state index in [0.29, 0.717) is 17.8 Å². The van der Waals surface area contributed by atoms with Gasteiger partial charge in [-0.1, -0.05) is 6.07 Å². The Morgan fingerprint density at radius 2 is 1.81 bits per heavy atom. The summed E-state index contributed by atoms with van der Waals surface area (Å²) in [6, 6.07) is 4.87. The number of carbonyl (C=O) groups excluding carboxylic acids is 1. The smallest absolute Gasteiger partial charge is 0.325 e. The molecule has 2 aromatic rings. The molecule has 0 aliphatic heterocycles. The minimum Gasteiger partial charge on any atom is -0.325 e. The van der Waals surface area contributed by atoms with Gasteiger partial charge in [0.15, 0.2) is 5.78 Å². The molecule has 0 aliphatic rings. The fourth-order valence-corrected chi connectivity index (χ4v) is 1.78. The van der Waals surface area contributed by atoms with Crippen molar-refractivity contribution in [3.8, 4) is 0 Å². The van der Waals surface area contributed by atoms with Crippen molar-refractivity contribution in [2.75, 3.05) is 0 Å². The molecule has 3 nitrogen and oxygen atoms in total. The van der Waals surface area contributed by atoms with Crippen molar-refractivity contribution in [3.05, 3.63) is 64.7 Å². The van der Waals surface area contributed by atoms with E-state index in [2.05, 4.69) is 4.98 Å². The molecule has 0 amide bonds. The maximum Gasteiger partial charge on any atom is 0.419 e. The Morgan fingerprint density at radius 3 is 2.38 bits per heavy atom. The first-order chi connectivity index (χ1) is 9.82. The predicted molar refractivity (Wildman–Crippen MR) is 67.0 cm³/mol. The van der Waals surface area contributed by atoms with Crippen LogP contribution in [-0.2, 0) is 12.7 Å². The monoisotopic (exact) mass is 298 g/mol. The van der Waals surface area contributed by atoms with E-state index in [0.717, 1.165) is 6.07 Å². The van der Waals surface area contributed by atoms with Crippen LogP contribution in [0.1, 0.15) is 27.2 Å². The minimum atomic E-state index is -4.80. The second-order valence-corrected chi connectivity index (χ2v) is 4.26. The van der Waals surface area contributed by atoms with E-state index in [1.54, 1.807) is 0 Å². The van der Waals surface area contributed by atoms with E-state index in [4.69, 9.17) is 5.73 Å². The van der Waals surface area contributed by atoms with E-state index < -0.39 is 23.3 Å². The lowest BCUT2D eigenvalue weighted by atomic mass is 10.0. The van der Waals surface area contributed by atoms with Crippen molar-refractivity contribution in [2.24, 2.45) is 5.73 Å². The molecule has 1 aromatic heterocycles. The molecule has 1 aromatic carbocycles. The second-order valence-electron chi connectivity index (χ2n) is 4.26. The quantitative estimate of drug-likeness (QED) is 0.700. The van der Waals surface area contributed by atoms with E-state index in [1.807, 2.05) is 0 Å². The molecule has 0 aliphatic carbocycles. The third-order valence-corrected chi connectivity index (χ3v) is 2.82.